The van der Waals surface area contributed by atoms with Crippen molar-refractivity contribution in [1.82, 2.24) is 19.7 Å². The van der Waals surface area contributed by atoms with Crippen LogP contribution < -0.4 is 5.32 Å². The predicted octanol–water partition coefficient (Wildman–Crippen LogP) is 3.57. The van der Waals surface area contributed by atoms with E-state index in [4.69, 9.17) is 11.6 Å². The van der Waals surface area contributed by atoms with E-state index in [1.807, 2.05) is 30.9 Å². The smallest absolute Gasteiger partial charge is 0.194 e. The van der Waals surface area contributed by atoms with Gasteiger partial charge in [-0.3, -0.25) is 4.99 Å². The number of aliphatic imine (C=N–C) groups is 1. The molecule has 0 bridgehead atoms. The van der Waals surface area contributed by atoms with E-state index in [1.165, 1.54) is 11.1 Å². The van der Waals surface area contributed by atoms with Gasteiger partial charge in [-0.2, -0.15) is 0 Å². The summed E-state index contributed by atoms with van der Waals surface area (Å²) in [6.07, 6.45) is 1.91. The van der Waals surface area contributed by atoms with Crippen LogP contribution in [0, 0.1) is 0 Å². The summed E-state index contributed by atoms with van der Waals surface area (Å²) < 4.78 is 2.04. The third-order valence-corrected chi connectivity index (χ3v) is 4.23. The van der Waals surface area contributed by atoms with Gasteiger partial charge in [0, 0.05) is 46.1 Å². The lowest BCUT2D eigenvalue weighted by Gasteiger charge is -2.22. The molecule has 2 rings (SSSR count). The molecular weight excluding hydrogens is 461 g/mol. The minimum atomic E-state index is 0. The highest BCUT2D eigenvalue weighted by molar-refractivity contribution is 14.0. The van der Waals surface area contributed by atoms with Gasteiger partial charge in [0.15, 0.2) is 5.96 Å². The zero-order valence-corrected chi connectivity index (χ0v) is 19.2. The van der Waals surface area contributed by atoms with Crippen LogP contribution in [0.25, 0.3) is 0 Å². The van der Waals surface area contributed by atoms with Gasteiger partial charge in [-0.1, -0.05) is 35.9 Å². The Kier molecular flexibility index (Phi) is 9.46. The number of aromatic nitrogens is 1. The number of halogens is 2. The highest BCUT2D eigenvalue weighted by Gasteiger charge is 2.09. The van der Waals surface area contributed by atoms with Crippen molar-refractivity contribution in [2.24, 2.45) is 12.0 Å². The van der Waals surface area contributed by atoms with Gasteiger partial charge in [0.25, 0.3) is 0 Å². The Morgan fingerprint density at radius 3 is 2.23 bits per heavy atom. The van der Waals surface area contributed by atoms with E-state index in [9.17, 15) is 0 Å². The maximum atomic E-state index is 6.06. The number of rotatable bonds is 6. The van der Waals surface area contributed by atoms with Crippen LogP contribution in [-0.4, -0.2) is 48.5 Å². The molecule has 0 amide bonds. The summed E-state index contributed by atoms with van der Waals surface area (Å²) >= 11 is 6.06. The van der Waals surface area contributed by atoms with Gasteiger partial charge in [-0.05, 0) is 31.3 Å². The molecule has 26 heavy (non-hydrogen) atoms. The zero-order valence-electron chi connectivity index (χ0n) is 16.2. The summed E-state index contributed by atoms with van der Waals surface area (Å²) in [5.41, 5.74) is 3.69. The van der Waals surface area contributed by atoms with Gasteiger partial charge in [0.05, 0.1) is 11.6 Å². The summed E-state index contributed by atoms with van der Waals surface area (Å²) in [6, 6.07) is 10.7. The van der Waals surface area contributed by atoms with Gasteiger partial charge in [0.1, 0.15) is 0 Å². The van der Waals surface area contributed by atoms with Gasteiger partial charge in [0.2, 0.25) is 0 Å². The maximum Gasteiger partial charge on any atom is 0.194 e. The number of guanidine groups is 1. The molecule has 0 atom stereocenters. The molecule has 1 aromatic carbocycles. The van der Waals surface area contributed by atoms with Gasteiger partial charge < -0.3 is 19.7 Å². The van der Waals surface area contributed by atoms with E-state index in [1.54, 1.807) is 7.05 Å². The molecule has 0 saturated carbocycles. The van der Waals surface area contributed by atoms with E-state index in [-0.39, 0.29) is 24.0 Å². The molecular formula is C19H29ClIN5. The normalized spacial score (nSPS) is 11.4. The Labute approximate surface area is 179 Å². The largest absolute Gasteiger partial charge is 0.352 e. The van der Waals surface area contributed by atoms with Crippen LogP contribution in [0.2, 0.25) is 5.02 Å². The van der Waals surface area contributed by atoms with E-state index >= 15 is 0 Å². The minimum absolute atomic E-state index is 0. The maximum absolute atomic E-state index is 6.06. The quantitative estimate of drug-likeness (QED) is 0.383. The van der Waals surface area contributed by atoms with Gasteiger partial charge in [-0.15, -0.1) is 24.0 Å². The van der Waals surface area contributed by atoms with Crippen LogP contribution in [0.15, 0.2) is 41.5 Å². The van der Waals surface area contributed by atoms with Crippen LogP contribution in [0.5, 0.6) is 0 Å². The molecule has 5 nitrogen and oxygen atoms in total. The van der Waals surface area contributed by atoms with Crippen molar-refractivity contribution in [3.8, 4) is 0 Å². The summed E-state index contributed by atoms with van der Waals surface area (Å²) in [5, 5.41) is 4.17. The standard InChI is InChI=1S/C19H28ClN5.HI/c1-21-19(25(5)14-18-10-17(20)13-24(18)4)22-11-15-6-8-16(9-7-15)12-23(2)3;/h6-10,13H,11-12,14H2,1-5H3,(H,21,22);1H. The topological polar surface area (TPSA) is 35.8 Å². The molecule has 0 fully saturated rings. The lowest BCUT2D eigenvalue weighted by Crippen LogP contribution is -2.38. The van der Waals surface area contributed by atoms with E-state index < -0.39 is 0 Å². The molecule has 144 valence electrons. The highest BCUT2D eigenvalue weighted by atomic mass is 127. The molecule has 1 heterocycles. The average molecular weight is 490 g/mol. The summed E-state index contributed by atoms with van der Waals surface area (Å²) in [5.74, 6) is 0.856. The molecule has 0 aliphatic heterocycles. The summed E-state index contributed by atoms with van der Waals surface area (Å²) in [7, 11) is 9.98. The van der Waals surface area contributed by atoms with E-state index in [0.717, 1.165) is 36.3 Å². The van der Waals surface area contributed by atoms with Crippen LogP contribution in [0.3, 0.4) is 0 Å². The fraction of sp³-hybridized carbons (Fsp3) is 0.421. The first-order chi connectivity index (χ1) is 11.9. The molecule has 1 N–H and O–H groups in total. The second-order valence-electron chi connectivity index (χ2n) is 6.57. The number of aryl methyl sites for hydroxylation is 1. The molecule has 0 radical (unpaired) electrons. The first-order valence-corrected chi connectivity index (χ1v) is 8.72. The van der Waals surface area contributed by atoms with Crippen molar-refractivity contribution in [1.29, 1.82) is 0 Å². The van der Waals surface area contributed by atoms with E-state index in [0.29, 0.717) is 0 Å². The van der Waals surface area contributed by atoms with Crippen LogP contribution in [-0.2, 0) is 26.7 Å². The number of nitrogens with zero attached hydrogens (tertiary/aromatic N) is 4. The number of hydrogen-bond acceptors (Lipinski definition) is 2. The molecule has 0 spiro atoms. The molecule has 1 aromatic heterocycles. The van der Waals surface area contributed by atoms with Crippen molar-refractivity contribution >= 4 is 41.5 Å². The molecule has 7 heteroatoms. The van der Waals surface area contributed by atoms with Crippen LogP contribution in [0.1, 0.15) is 16.8 Å². The fourth-order valence-corrected chi connectivity index (χ4v) is 3.01. The first-order valence-electron chi connectivity index (χ1n) is 8.34. The Balaban J connectivity index is 0.00000338. The first kappa shape index (κ1) is 22.8. The number of nitrogens with one attached hydrogen (secondary N) is 1. The molecule has 0 unspecified atom stereocenters. The van der Waals surface area contributed by atoms with Crippen LogP contribution in [0.4, 0.5) is 0 Å². The summed E-state index contributed by atoms with van der Waals surface area (Å²) in [6.45, 7) is 2.44. The van der Waals surface area contributed by atoms with E-state index in [2.05, 4.69) is 58.5 Å². The second kappa shape index (κ2) is 10.8. The van der Waals surface area contributed by atoms with Crippen LogP contribution >= 0.6 is 35.6 Å². The number of hydrogen-bond donors (Lipinski definition) is 1. The van der Waals surface area contributed by atoms with Crippen molar-refractivity contribution in [3.63, 3.8) is 0 Å². The van der Waals surface area contributed by atoms with Crippen molar-refractivity contribution < 1.29 is 0 Å². The molecule has 0 aliphatic carbocycles. The molecule has 0 saturated heterocycles. The van der Waals surface area contributed by atoms with Crippen molar-refractivity contribution in [3.05, 3.63) is 58.4 Å². The Morgan fingerprint density at radius 1 is 1.12 bits per heavy atom. The summed E-state index contributed by atoms with van der Waals surface area (Å²) in [4.78, 5) is 8.63. The monoisotopic (exact) mass is 489 g/mol. The minimum Gasteiger partial charge on any atom is -0.352 e. The molecule has 2 aromatic rings. The highest BCUT2D eigenvalue weighted by Crippen LogP contribution is 2.14. The Hall–Kier alpha value is -1.25. The Morgan fingerprint density at radius 2 is 1.73 bits per heavy atom. The lowest BCUT2D eigenvalue weighted by molar-refractivity contribution is 0.402. The number of benzene rings is 1. The predicted molar refractivity (Wildman–Crippen MR) is 121 cm³/mol. The van der Waals surface area contributed by atoms with Crippen molar-refractivity contribution in [2.45, 2.75) is 19.6 Å². The Bertz CT molecular complexity index is 709. The van der Waals surface area contributed by atoms with Gasteiger partial charge in [-0.25, -0.2) is 0 Å². The fourth-order valence-electron chi connectivity index (χ4n) is 2.73. The van der Waals surface area contributed by atoms with Gasteiger partial charge >= 0.3 is 0 Å². The second-order valence-corrected chi connectivity index (χ2v) is 7.01. The third-order valence-electron chi connectivity index (χ3n) is 4.02. The zero-order chi connectivity index (χ0) is 18.4. The molecule has 0 aliphatic rings. The lowest BCUT2D eigenvalue weighted by atomic mass is 10.1. The van der Waals surface area contributed by atoms with Crippen molar-refractivity contribution in [2.75, 3.05) is 28.2 Å². The average Bonchev–Trinajstić information content (AvgIpc) is 2.86. The third kappa shape index (κ3) is 6.81. The SMILES string of the molecule is CN=C(NCc1ccc(CN(C)C)cc1)N(C)Cc1cc(Cl)cn1C.I.